The van der Waals surface area contributed by atoms with Crippen LogP contribution in [0.3, 0.4) is 0 Å². The van der Waals surface area contributed by atoms with Gasteiger partial charge in [0.05, 0.1) is 16.8 Å². The molecule has 6 nitrogen and oxygen atoms in total. The molecule has 3 rings (SSSR count). The van der Waals surface area contributed by atoms with Gasteiger partial charge in [-0.1, -0.05) is 18.5 Å². The van der Waals surface area contributed by atoms with Crippen molar-refractivity contribution in [3.05, 3.63) is 58.6 Å². The van der Waals surface area contributed by atoms with E-state index in [2.05, 4.69) is 12.2 Å². The van der Waals surface area contributed by atoms with Crippen molar-refractivity contribution in [2.45, 2.75) is 25.9 Å². The summed E-state index contributed by atoms with van der Waals surface area (Å²) in [5.74, 6) is -1.17. The number of aliphatic hydroxyl groups excluding tert-OH is 1. The van der Waals surface area contributed by atoms with Crippen molar-refractivity contribution >= 4 is 42.5 Å². The van der Waals surface area contributed by atoms with Gasteiger partial charge in [-0.3, -0.25) is 4.79 Å². The van der Waals surface area contributed by atoms with Crippen LogP contribution in [0.4, 0.5) is 20.2 Å². The SMILES string of the molecule is C=O.C=O.CC1CCC(O)CN(c2cc(C(=O)Nc3ccc(F)c(Cl)c3)ccc2F)C1. The molecule has 0 aliphatic carbocycles. The molecule has 1 saturated heterocycles. The maximum absolute atomic E-state index is 14.4. The average Bonchev–Trinajstić information content (AvgIpc) is 2.94. The highest BCUT2D eigenvalue weighted by Gasteiger charge is 2.23. The number of nitrogens with zero attached hydrogens (tertiary/aromatic N) is 1. The second-order valence-electron chi connectivity index (χ2n) is 6.99. The van der Waals surface area contributed by atoms with Gasteiger partial charge in [0.25, 0.3) is 5.91 Å². The van der Waals surface area contributed by atoms with Crippen LogP contribution in [-0.2, 0) is 9.59 Å². The fraction of sp³-hybridized carbons (Fsp3) is 0.318. The highest BCUT2D eigenvalue weighted by molar-refractivity contribution is 6.31. The van der Waals surface area contributed by atoms with Crippen molar-refractivity contribution in [3.8, 4) is 0 Å². The van der Waals surface area contributed by atoms with E-state index < -0.39 is 23.6 Å². The molecule has 2 atom stereocenters. The number of hydrogen-bond donors (Lipinski definition) is 2. The molecule has 1 fully saturated rings. The number of β-amino-alcohol motifs (C(OH)–C–C–N with tert-alkyl or cyclic N) is 1. The molecule has 0 bridgehead atoms. The summed E-state index contributed by atoms with van der Waals surface area (Å²) in [5.41, 5.74) is 0.891. The molecule has 0 radical (unpaired) electrons. The van der Waals surface area contributed by atoms with Gasteiger partial charge in [0.15, 0.2) is 0 Å². The first-order valence-electron chi connectivity index (χ1n) is 9.40. The summed E-state index contributed by atoms with van der Waals surface area (Å²) >= 11 is 5.73. The predicted molar refractivity (Wildman–Crippen MR) is 117 cm³/mol. The molecule has 0 spiro atoms. The molecule has 2 unspecified atom stereocenters. The van der Waals surface area contributed by atoms with E-state index in [-0.39, 0.29) is 16.3 Å². The molecule has 0 saturated carbocycles. The van der Waals surface area contributed by atoms with E-state index in [0.29, 0.717) is 31.1 Å². The lowest BCUT2D eigenvalue weighted by molar-refractivity contribution is -0.0987. The summed E-state index contributed by atoms with van der Waals surface area (Å²) in [5, 5.41) is 12.6. The molecule has 2 aromatic rings. The Morgan fingerprint density at radius 2 is 1.71 bits per heavy atom. The molecular weight excluding hydrogens is 430 g/mol. The number of nitrogens with one attached hydrogen (secondary N) is 1. The molecule has 168 valence electrons. The maximum Gasteiger partial charge on any atom is 0.255 e. The van der Waals surface area contributed by atoms with Crippen molar-refractivity contribution in [2.75, 3.05) is 23.3 Å². The molecule has 1 aliphatic heterocycles. The van der Waals surface area contributed by atoms with Crippen molar-refractivity contribution < 1.29 is 28.3 Å². The van der Waals surface area contributed by atoms with E-state index in [4.69, 9.17) is 21.2 Å². The van der Waals surface area contributed by atoms with Crippen LogP contribution in [0.15, 0.2) is 36.4 Å². The normalized spacial score (nSPS) is 17.9. The van der Waals surface area contributed by atoms with Crippen LogP contribution < -0.4 is 10.2 Å². The number of benzene rings is 2. The lowest BCUT2D eigenvalue weighted by Crippen LogP contribution is -2.33. The van der Waals surface area contributed by atoms with Gasteiger partial charge in [0, 0.05) is 24.3 Å². The van der Waals surface area contributed by atoms with E-state index in [9.17, 15) is 18.7 Å². The van der Waals surface area contributed by atoms with Crippen molar-refractivity contribution in [1.82, 2.24) is 0 Å². The number of amides is 1. The maximum atomic E-state index is 14.4. The molecule has 0 aromatic heterocycles. The van der Waals surface area contributed by atoms with Gasteiger partial charge in [-0.25, -0.2) is 8.78 Å². The molecule has 1 heterocycles. The first-order chi connectivity index (χ1) is 14.8. The van der Waals surface area contributed by atoms with Gasteiger partial charge in [-0.15, -0.1) is 0 Å². The lowest BCUT2D eigenvalue weighted by atomic mass is 10.1. The van der Waals surface area contributed by atoms with Crippen LogP contribution in [0.2, 0.25) is 5.02 Å². The third kappa shape index (κ3) is 7.41. The number of aliphatic hydroxyl groups is 1. The van der Waals surface area contributed by atoms with Gasteiger partial charge >= 0.3 is 0 Å². The fourth-order valence-corrected chi connectivity index (χ4v) is 3.42. The van der Waals surface area contributed by atoms with Gasteiger partial charge in [-0.2, -0.15) is 0 Å². The average molecular weight is 455 g/mol. The third-order valence-corrected chi connectivity index (χ3v) is 4.97. The Balaban J connectivity index is 0.00000113. The fourth-order valence-electron chi connectivity index (χ4n) is 3.23. The topological polar surface area (TPSA) is 86.7 Å². The molecule has 2 aromatic carbocycles. The van der Waals surface area contributed by atoms with E-state index >= 15 is 0 Å². The molecule has 1 amide bonds. The number of halogens is 3. The standard InChI is InChI=1S/C20H21ClF2N2O2.2CH2O/c1-12-2-5-15(26)11-25(10-12)19-8-13(3-6-18(19)23)20(27)24-14-4-7-17(22)16(21)9-14;2*1-2/h3-4,6-9,12,15,26H,2,5,10-11H2,1H3,(H,24,27);2*1H2. The van der Waals surface area contributed by atoms with Crippen LogP contribution in [0.25, 0.3) is 0 Å². The van der Waals surface area contributed by atoms with E-state index in [1.807, 2.05) is 13.6 Å². The Morgan fingerprint density at radius 1 is 1.06 bits per heavy atom. The van der Waals surface area contributed by atoms with Crippen molar-refractivity contribution in [1.29, 1.82) is 0 Å². The van der Waals surface area contributed by atoms with E-state index in [0.717, 1.165) is 12.5 Å². The first-order valence-corrected chi connectivity index (χ1v) is 9.78. The minimum atomic E-state index is -0.576. The van der Waals surface area contributed by atoms with E-state index in [1.54, 1.807) is 4.90 Å². The molecule has 2 N–H and O–H groups in total. The Hall–Kier alpha value is -2.84. The zero-order chi connectivity index (χ0) is 23.6. The number of anilines is 2. The number of rotatable bonds is 3. The summed E-state index contributed by atoms with van der Waals surface area (Å²) in [4.78, 5) is 30.3. The largest absolute Gasteiger partial charge is 0.391 e. The van der Waals surface area contributed by atoms with Gasteiger partial charge < -0.3 is 24.9 Å². The second-order valence-corrected chi connectivity index (χ2v) is 7.40. The highest BCUT2D eigenvalue weighted by Crippen LogP contribution is 2.27. The van der Waals surface area contributed by atoms with Gasteiger partial charge in [-0.05, 0) is 55.2 Å². The van der Waals surface area contributed by atoms with Gasteiger partial charge in [0.1, 0.15) is 25.2 Å². The summed E-state index contributed by atoms with van der Waals surface area (Å²) < 4.78 is 27.7. The van der Waals surface area contributed by atoms with Crippen molar-refractivity contribution in [3.63, 3.8) is 0 Å². The molecular formula is C22H25ClF2N2O4. The number of carbonyl (C=O) groups excluding carboxylic acids is 3. The predicted octanol–water partition coefficient (Wildman–Crippen LogP) is 4.10. The van der Waals surface area contributed by atoms with Crippen LogP contribution in [-0.4, -0.2) is 43.8 Å². The second kappa shape index (κ2) is 12.8. The van der Waals surface area contributed by atoms with Crippen LogP contribution in [0, 0.1) is 17.6 Å². The monoisotopic (exact) mass is 454 g/mol. The Labute approximate surface area is 184 Å². The van der Waals surface area contributed by atoms with Crippen LogP contribution >= 0.6 is 11.6 Å². The number of hydrogen-bond acceptors (Lipinski definition) is 5. The zero-order valence-electron chi connectivity index (χ0n) is 17.1. The van der Waals surface area contributed by atoms with Crippen LogP contribution in [0.1, 0.15) is 30.1 Å². The smallest absolute Gasteiger partial charge is 0.255 e. The highest BCUT2D eigenvalue weighted by atomic mass is 35.5. The minimum Gasteiger partial charge on any atom is -0.391 e. The first kappa shape index (κ1) is 26.2. The van der Waals surface area contributed by atoms with Crippen molar-refractivity contribution in [2.24, 2.45) is 5.92 Å². The third-order valence-electron chi connectivity index (χ3n) is 4.68. The molecule has 1 aliphatic rings. The zero-order valence-corrected chi connectivity index (χ0v) is 17.9. The van der Waals surface area contributed by atoms with E-state index in [1.165, 1.54) is 30.3 Å². The lowest BCUT2D eigenvalue weighted by Gasteiger charge is -2.27. The van der Waals surface area contributed by atoms with Gasteiger partial charge in [0.2, 0.25) is 0 Å². The number of carbonyl (C=O) groups is 3. The molecule has 9 heteroatoms. The summed E-state index contributed by atoms with van der Waals surface area (Å²) in [6.07, 6.45) is 1.00. The van der Waals surface area contributed by atoms with Crippen LogP contribution in [0.5, 0.6) is 0 Å². The summed E-state index contributed by atoms with van der Waals surface area (Å²) in [7, 11) is 0. The minimum absolute atomic E-state index is 0.0971. The Morgan fingerprint density at radius 3 is 2.35 bits per heavy atom. The summed E-state index contributed by atoms with van der Waals surface area (Å²) in [6.45, 7) is 6.98. The summed E-state index contributed by atoms with van der Waals surface area (Å²) in [6, 6.07) is 7.97. The Kier molecular flexibility index (Phi) is 10.8. The quantitative estimate of drug-likeness (QED) is 0.729. The Bertz CT molecular complexity index is 871. The molecule has 31 heavy (non-hydrogen) atoms.